The average molecular weight is 487 g/mol. The summed E-state index contributed by atoms with van der Waals surface area (Å²) in [6.45, 7) is 1.09. The second-order valence-corrected chi connectivity index (χ2v) is 9.79. The third kappa shape index (κ3) is 5.44. The zero-order valence-corrected chi connectivity index (χ0v) is 19.6. The minimum absolute atomic E-state index is 0.0311. The Kier molecular flexibility index (Phi) is 7.69. The number of ether oxygens (including phenoxy) is 2. The van der Waals surface area contributed by atoms with Crippen molar-refractivity contribution in [3.8, 4) is 11.5 Å². The van der Waals surface area contributed by atoms with Crippen LogP contribution in [0.3, 0.4) is 0 Å². The predicted octanol–water partition coefficient (Wildman–Crippen LogP) is 3.48. The number of amides is 1. The number of carbonyl (C=O) groups excluding carboxylic acids is 1. The van der Waals surface area contributed by atoms with E-state index in [0.717, 1.165) is 5.56 Å². The summed E-state index contributed by atoms with van der Waals surface area (Å²) in [5, 5.41) is 0.480. The highest BCUT2D eigenvalue weighted by atomic mass is 35.5. The monoisotopic (exact) mass is 486 g/mol. The van der Waals surface area contributed by atoms with Crippen molar-refractivity contribution in [1.82, 2.24) is 9.21 Å². The summed E-state index contributed by atoms with van der Waals surface area (Å²) in [6, 6.07) is 9.71. The Labute approximate surface area is 192 Å². The van der Waals surface area contributed by atoms with Gasteiger partial charge in [-0.05, 0) is 48.4 Å². The summed E-state index contributed by atoms with van der Waals surface area (Å²) in [5.41, 5.74) is 0.885. The van der Waals surface area contributed by atoms with Crippen LogP contribution in [0.4, 0.5) is 0 Å². The van der Waals surface area contributed by atoms with Gasteiger partial charge in [0, 0.05) is 32.6 Å². The molecule has 0 unspecified atom stereocenters. The van der Waals surface area contributed by atoms with E-state index in [1.54, 1.807) is 25.2 Å². The molecule has 3 rings (SSSR count). The zero-order valence-electron chi connectivity index (χ0n) is 17.3. The molecule has 0 aromatic heterocycles. The van der Waals surface area contributed by atoms with Gasteiger partial charge in [0.15, 0.2) is 0 Å². The second kappa shape index (κ2) is 10.1. The Hall–Kier alpha value is -2.00. The van der Waals surface area contributed by atoms with Crippen molar-refractivity contribution in [2.24, 2.45) is 0 Å². The number of aryl methyl sites for hydroxylation is 1. The number of nitrogens with zero attached hydrogens (tertiary/aromatic N) is 2. The number of benzene rings is 2. The highest BCUT2D eigenvalue weighted by Crippen LogP contribution is 2.28. The van der Waals surface area contributed by atoms with Crippen LogP contribution in [0.15, 0.2) is 41.3 Å². The molecule has 10 heteroatoms. The van der Waals surface area contributed by atoms with Crippen molar-refractivity contribution in [2.75, 3.05) is 40.4 Å². The first kappa shape index (κ1) is 23.7. The van der Waals surface area contributed by atoms with Crippen LogP contribution in [-0.4, -0.2) is 63.9 Å². The van der Waals surface area contributed by atoms with E-state index >= 15 is 0 Å². The largest absolute Gasteiger partial charge is 0.497 e. The maximum Gasteiger partial charge on any atom is 0.243 e. The molecule has 0 saturated carbocycles. The lowest BCUT2D eigenvalue weighted by molar-refractivity contribution is -0.132. The van der Waals surface area contributed by atoms with Gasteiger partial charge in [-0.3, -0.25) is 4.79 Å². The molecule has 31 heavy (non-hydrogen) atoms. The van der Waals surface area contributed by atoms with E-state index in [2.05, 4.69) is 0 Å². The van der Waals surface area contributed by atoms with Crippen molar-refractivity contribution < 1.29 is 22.7 Å². The van der Waals surface area contributed by atoms with E-state index in [-0.39, 0.29) is 28.9 Å². The molecule has 2 aromatic carbocycles. The smallest absolute Gasteiger partial charge is 0.243 e. The van der Waals surface area contributed by atoms with Crippen molar-refractivity contribution in [1.29, 1.82) is 0 Å². The van der Waals surface area contributed by atoms with E-state index in [0.29, 0.717) is 42.5 Å². The van der Waals surface area contributed by atoms with Crippen LogP contribution in [-0.2, 0) is 21.2 Å². The van der Waals surface area contributed by atoms with E-state index < -0.39 is 10.0 Å². The quantitative estimate of drug-likeness (QED) is 0.598. The molecule has 1 aliphatic rings. The van der Waals surface area contributed by atoms with Gasteiger partial charge in [-0.1, -0.05) is 23.2 Å². The minimum atomic E-state index is -3.70. The van der Waals surface area contributed by atoms with Crippen molar-refractivity contribution in [2.45, 2.75) is 17.7 Å². The number of hydrogen-bond donors (Lipinski definition) is 0. The molecule has 0 bridgehead atoms. The number of piperazine rings is 1. The topological polar surface area (TPSA) is 76.2 Å². The highest BCUT2D eigenvalue weighted by Gasteiger charge is 2.30. The number of methoxy groups -OCH3 is 2. The number of carbonyl (C=O) groups is 1. The lowest BCUT2D eigenvalue weighted by atomic mass is 10.1. The third-order valence-electron chi connectivity index (χ3n) is 5.22. The predicted molar refractivity (Wildman–Crippen MR) is 120 cm³/mol. The van der Waals surface area contributed by atoms with Crippen LogP contribution in [0, 0.1) is 0 Å². The normalized spacial score (nSPS) is 15.0. The lowest BCUT2D eigenvalue weighted by Gasteiger charge is -2.34. The summed E-state index contributed by atoms with van der Waals surface area (Å²) in [6.07, 6.45) is 0.796. The molecule has 0 radical (unpaired) electrons. The van der Waals surface area contributed by atoms with Gasteiger partial charge in [0.25, 0.3) is 0 Å². The van der Waals surface area contributed by atoms with Crippen LogP contribution in [0.5, 0.6) is 11.5 Å². The van der Waals surface area contributed by atoms with Gasteiger partial charge in [-0.2, -0.15) is 4.31 Å². The first-order chi connectivity index (χ1) is 14.8. The number of sulfonamides is 1. The summed E-state index contributed by atoms with van der Waals surface area (Å²) < 4.78 is 37.7. The minimum Gasteiger partial charge on any atom is -0.497 e. The number of hydrogen-bond acceptors (Lipinski definition) is 5. The van der Waals surface area contributed by atoms with Gasteiger partial charge < -0.3 is 14.4 Å². The Morgan fingerprint density at radius 2 is 1.68 bits per heavy atom. The Balaban J connectivity index is 1.59. The van der Waals surface area contributed by atoms with E-state index in [1.165, 1.54) is 22.5 Å². The molecule has 2 aromatic rings. The molecule has 1 heterocycles. The van der Waals surface area contributed by atoms with Gasteiger partial charge >= 0.3 is 0 Å². The first-order valence-electron chi connectivity index (χ1n) is 9.70. The molecule has 1 aliphatic heterocycles. The van der Waals surface area contributed by atoms with Crippen LogP contribution in [0.1, 0.15) is 12.0 Å². The maximum atomic E-state index is 12.9. The van der Waals surface area contributed by atoms with Crippen LogP contribution < -0.4 is 9.47 Å². The van der Waals surface area contributed by atoms with Crippen molar-refractivity contribution in [3.05, 3.63) is 52.0 Å². The van der Waals surface area contributed by atoms with Crippen molar-refractivity contribution in [3.63, 3.8) is 0 Å². The van der Waals surface area contributed by atoms with Gasteiger partial charge in [-0.25, -0.2) is 8.42 Å². The fraction of sp³-hybridized carbons (Fsp3) is 0.381. The molecule has 0 aliphatic carbocycles. The Bertz CT molecular complexity index is 1050. The molecular formula is C21H24Cl2N2O5S. The number of rotatable bonds is 7. The molecule has 0 spiro atoms. The lowest BCUT2D eigenvalue weighted by Crippen LogP contribution is -2.50. The fourth-order valence-electron chi connectivity index (χ4n) is 3.44. The Morgan fingerprint density at radius 3 is 2.29 bits per heavy atom. The maximum absolute atomic E-state index is 12.9. The van der Waals surface area contributed by atoms with Gasteiger partial charge in [-0.15, -0.1) is 0 Å². The second-order valence-electron chi connectivity index (χ2n) is 7.04. The van der Waals surface area contributed by atoms with Gasteiger partial charge in [0.05, 0.1) is 29.2 Å². The van der Waals surface area contributed by atoms with Gasteiger partial charge in [0.1, 0.15) is 11.5 Å². The van der Waals surface area contributed by atoms with E-state index in [4.69, 9.17) is 32.7 Å². The summed E-state index contributed by atoms with van der Waals surface area (Å²) >= 11 is 11.8. The molecule has 1 fully saturated rings. The molecule has 0 N–H and O–H groups in total. The molecule has 0 atom stereocenters. The molecule has 168 valence electrons. The number of halogens is 2. The van der Waals surface area contributed by atoms with Crippen LogP contribution in [0.2, 0.25) is 10.0 Å². The summed E-state index contributed by atoms with van der Waals surface area (Å²) in [4.78, 5) is 14.5. The summed E-state index contributed by atoms with van der Waals surface area (Å²) in [5.74, 6) is 1.37. The van der Waals surface area contributed by atoms with E-state index in [1.807, 2.05) is 12.1 Å². The van der Waals surface area contributed by atoms with Gasteiger partial charge in [0.2, 0.25) is 15.9 Å². The Morgan fingerprint density at radius 1 is 0.968 bits per heavy atom. The standard InChI is InChI=1S/C21H24Cl2N2O5S/c1-29-16-4-7-20(30-2)15(13-16)3-8-21(26)24-9-11-25(12-10-24)31(27,28)17-5-6-18(22)19(23)14-17/h4-7,13-14H,3,8-12H2,1-2H3. The third-order valence-corrected chi connectivity index (χ3v) is 7.85. The van der Waals surface area contributed by atoms with Crippen molar-refractivity contribution >= 4 is 39.1 Å². The van der Waals surface area contributed by atoms with Crippen LogP contribution >= 0.6 is 23.2 Å². The van der Waals surface area contributed by atoms with Crippen LogP contribution in [0.25, 0.3) is 0 Å². The molecular weight excluding hydrogens is 463 g/mol. The SMILES string of the molecule is COc1ccc(OC)c(CCC(=O)N2CCN(S(=O)(=O)c3ccc(Cl)c(Cl)c3)CC2)c1. The fourth-order valence-corrected chi connectivity index (χ4v) is 5.25. The highest BCUT2D eigenvalue weighted by molar-refractivity contribution is 7.89. The molecule has 1 saturated heterocycles. The molecule has 7 nitrogen and oxygen atoms in total. The average Bonchev–Trinajstić information content (AvgIpc) is 2.79. The van der Waals surface area contributed by atoms with E-state index in [9.17, 15) is 13.2 Å². The summed E-state index contributed by atoms with van der Waals surface area (Å²) in [7, 11) is -0.531. The molecule has 1 amide bonds. The zero-order chi connectivity index (χ0) is 22.6. The first-order valence-corrected chi connectivity index (χ1v) is 11.9.